The zero-order chi connectivity index (χ0) is 30.3. The summed E-state index contributed by atoms with van der Waals surface area (Å²) in [5.41, 5.74) is 3.89. The van der Waals surface area contributed by atoms with Crippen LogP contribution >= 0.6 is 22.9 Å². The molecule has 0 spiro atoms. The quantitative estimate of drug-likeness (QED) is 0.235. The third kappa shape index (κ3) is 6.29. The van der Waals surface area contributed by atoms with Crippen molar-refractivity contribution in [1.82, 2.24) is 19.9 Å². The number of ether oxygens (including phenoxy) is 1. The van der Waals surface area contributed by atoms with Gasteiger partial charge < -0.3 is 14.7 Å². The van der Waals surface area contributed by atoms with E-state index in [-0.39, 0.29) is 6.04 Å². The molecule has 1 N–H and O–H groups in total. The van der Waals surface area contributed by atoms with Gasteiger partial charge in [0.2, 0.25) is 5.95 Å². The molecule has 1 fully saturated rings. The lowest BCUT2D eigenvalue weighted by molar-refractivity contribution is -0.160. The predicted octanol–water partition coefficient (Wildman–Crippen LogP) is 7.24. The standard InChI is InChI=1S/C32H38ClN5O3S/c1-18(2)37-14-15-38(20(4)17-37)31-34-13-12-23(36-31)29-35-24-16-19(3)25(27(30(39)40)41-32(5,6)7)26(28(24)42-29)21-8-10-22(33)11-9-21/h8-13,16,18,20,27H,14-15,17H2,1-7H3,(H,39,40). The summed E-state index contributed by atoms with van der Waals surface area (Å²) < 4.78 is 7.01. The Morgan fingerprint density at radius 3 is 2.48 bits per heavy atom. The molecular weight excluding hydrogens is 570 g/mol. The van der Waals surface area contributed by atoms with Crippen LogP contribution in [0.4, 0.5) is 5.95 Å². The van der Waals surface area contributed by atoms with Crippen LogP contribution in [0.1, 0.15) is 58.8 Å². The van der Waals surface area contributed by atoms with Crippen LogP contribution < -0.4 is 4.90 Å². The van der Waals surface area contributed by atoms with E-state index in [0.29, 0.717) is 22.6 Å². The SMILES string of the molecule is Cc1cc2nc(-c3ccnc(N4CCN(C(C)C)CC4C)n3)sc2c(-c2ccc(Cl)cc2)c1C(OC(C)(C)C)C(=O)O. The van der Waals surface area contributed by atoms with E-state index in [1.54, 1.807) is 6.20 Å². The van der Waals surface area contributed by atoms with E-state index in [4.69, 9.17) is 26.3 Å². The molecule has 1 saturated heterocycles. The van der Waals surface area contributed by atoms with Crippen molar-refractivity contribution in [2.45, 2.75) is 72.3 Å². The molecule has 1 aliphatic heterocycles. The maximum Gasteiger partial charge on any atom is 0.337 e. The number of hydrogen-bond acceptors (Lipinski definition) is 8. The van der Waals surface area contributed by atoms with Crippen LogP contribution in [0.2, 0.25) is 5.02 Å². The van der Waals surface area contributed by atoms with Crippen LogP contribution in [0.5, 0.6) is 0 Å². The number of benzene rings is 2. The van der Waals surface area contributed by atoms with Gasteiger partial charge in [-0.1, -0.05) is 23.7 Å². The van der Waals surface area contributed by atoms with Crippen molar-refractivity contribution in [2.75, 3.05) is 24.5 Å². The van der Waals surface area contributed by atoms with Gasteiger partial charge in [0, 0.05) is 54.1 Å². The highest BCUT2D eigenvalue weighted by Crippen LogP contribution is 2.44. The Balaban J connectivity index is 1.63. The minimum absolute atomic E-state index is 0.282. The summed E-state index contributed by atoms with van der Waals surface area (Å²) in [7, 11) is 0. The van der Waals surface area contributed by atoms with E-state index < -0.39 is 17.7 Å². The molecule has 42 heavy (non-hydrogen) atoms. The average molecular weight is 608 g/mol. The lowest BCUT2D eigenvalue weighted by atomic mass is 9.91. The number of rotatable bonds is 7. The van der Waals surface area contributed by atoms with Gasteiger partial charge in [0.25, 0.3) is 0 Å². The lowest BCUT2D eigenvalue weighted by Crippen LogP contribution is -2.54. The molecule has 4 aromatic rings. The van der Waals surface area contributed by atoms with Crippen LogP contribution in [0.3, 0.4) is 0 Å². The smallest absolute Gasteiger partial charge is 0.337 e. The van der Waals surface area contributed by atoms with Gasteiger partial charge in [-0.25, -0.2) is 19.7 Å². The van der Waals surface area contributed by atoms with E-state index in [9.17, 15) is 9.90 Å². The van der Waals surface area contributed by atoms with Crippen molar-refractivity contribution in [1.29, 1.82) is 0 Å². The van der Waals surface area contributed by atoms with Gasteiger partial charge in [-0.15, -0.1) is 11.3 Å². The first-order valence-electron chi connectivity index (χ1n) is 14.3. The number of fused-ring (bicyclic) bond motifs is 1. The van der Waals surface area contributed by atoms with Crippen LogP contribution in [0, 0.1) is 6.92 Å². The Labute approximate surface area is 256 Å². The van der Waals surface area contributed by atoms with Crippen LogP contribution in [0.25, 0.3) is 32.0 Å². The third-order valence-electron chi connectivity index (χ3n) is 7.53. The number of nitrogens with zero attached hydrogens (tertiary/aromatic N) is 5. The van der Waals surface area contributed by atoms with E-state index in [1.807, 2.05) is 64.1 Å². The molecule has 0 aliphatic carbocycles. The normalized spacial score (nSPS) is 17.3. The highest BCUT2D eigenvalue weighted by Gasteiger charge is 2.33. The van der Waals surface area contributed by atoms with Gasteiger partial charge in [-0.05, 0) is 83.9 Å². The topological polar surface area (TPSA) is 91.7 Å². The van der Waals surface area contributed by atoms with Crippen LogP contribution in [0.15, 0.2) is 42.6 Å². The summed E-state index contributed by atoms with van der Waals surface area (Å²) >= 11 is 7.73. The fourth-order valence-electron chi connectivity index (χ4n) is 5.51. The first-order valence-corrected chi connectivity index (χ1v) is 15.5. The molecule has 8 nitrogen and oxygen atoms in total. The molecule has 5 rings (SSSR count). The second-order valence-electron chi connectivity index (χ2n) is 12.2. The molecule has 0 radical (unpaired) electrons. The number of halogens is 1. The summed E-state index contributed by atoms with van der Waals surface area (Å²) in [6, 6.07) is 12.1. The number of aliphatic carboxylic acids is 1. The van der Waals surface area contributed by atoms with Gasteiger partial charge in [-0.3, -0.25) is 4.90 Å². The fourth-order valence-corrected chi connectivity index (χ4v) is 6.73. The molecule has 0 bridgehead atoms. The molecule has 2 atom stereocenters. The Kier molecular flexibility index (Phi) is 8.58. The number of thiazole rings is 1. The molecule has 0 saturated carbocycles. The first-order chi connectivity index (χ1) is 19.8. The lowest BCUT2D eigenvalue weighted by Gasteiger charge is -2.41. The molecule has 2 unspecified atom stereocenters. The molecule has 222 valence electrons. The van der Waals surface area contributed by atoms with Crippen molar-refractivity contribution in [3.8, 4) is 21.8 Å². The third-order valence-corrected chi connectivity index (χ3v) is 8.89. The monoisotopic (exact) mass is 607 g/mol. The number of carboxylic acids is 1. The number of piperazine rings is 1. The molecule has 2 aromatic carbocycles. The first kappa shape index (κ1) is 30.4. The number of carboxylic acid groups (broad SMARTS) is 1. The zero-order valence-electron chi connectivity index (χ0n) is 25.2. The van der Waals surface area contributed by atoms with Gasteiger partial charge >= 0.3 is 5.97 Å². The highest BCUT2D eigenvalue weighted by atomic mass is 35.5. The molecule has 3 heterocycles. The van der Waals surface area contributed by atoms with E-state index >= 15 is 0 Å². The van der Waals surface area contributed by atoms with Gasteiger partial charge in [0.1, 0.15) is 10.7 Å². The van der Waals surface area contributed by atoms with E-state index in [2.05, 4.69) is 35.6 Å². The number of aromatic nitrogens is 3. The number of anilines is 1. The second kappa shape index (κ2) is 11.9. The van der Waals surface area contributed by atoms with Crippen LogP contribution in [-0.2, 0) is 9.53 Å². The van der Waals surface area contributed by atoms with Gasteiger partial charge in [0.15, 0.2) is 6.10 Å². The zero-order valence-corrected chi connectivity index (χ0v) is 26.8. The summed E-state index contributed by atoms with van der Waals surface area (Å²) in [5, 5.41) is 11.7. The van der Waals surface area contributed by atoms with E-state index in [1.165, 1.54) is 11.3 Å². The minimum atomic E-state index is -1.16. The Morgan fingerprint density at radius 2 is 1.86 bits per heavy atom. The van der Waals surface area contributed by atoms with Crippen molar-refractivity contribution in [3.63, 3.8) is 0 Å². The Bertz CT molecular complexity index is 1600. The molecule has 0 amide bonds. The average Bonchev–Trinajstić information content (AvgIpc) is 3.35. The van der Waals surface area contributed by atoms with Crippen LogP contribution in [-0.4, -0.2) is 68.2 Å². The van der Waals surface area contributed by atoms with Crippen molar-refractivity contribution in [2.24, 2.45) is 0 Å². The maximum absolute atomic E-state index is 12.6. The summed E-state index contributed by atoms with van der Waals surface area (Å²) in [6.45, 7) is 16.9. The van der Waals surface area contributed by atoms with Gasteiger partial charge in [-0.2, -0.15) is 0 Å². The largest absolute Gasteiger partial charge is 0.479 e. The summed E-state index contributed by atoms with van der Waals surface area (Å²) in [6.07, 6.45) is 0.627. The van der Waals surface area contributed by atoms with Crippen molar-refractivity contribution < 1.29 is 14.6 Å². The Morgan fingerprint density at radius 1 is 1.14 bits per heavy atom. The molecule has 1 aliphatic rings. The number of carbonyl (C=O) groups is 1. The van der Waals surface area contributed by atoms with Crippen molar-refractivity contribution >= 4 is 45.1 Å². The number of aryl methyl sites for hydroxylation is 1. The molecule has 10 heteroatoms. The van der Waals surface area contributed by atoms with E-state index in [0.717, 1.165) is 57.2 Å². The number of hydrogen-bond donors (Lipinski definition) is 1. The second-order valence-corrected chi connectivity index (χ2v) is 13.6. The van der Waals surface area contributed by atoms with Crippen molar-refractivity contribution in [3.05, 3.63) is 58.7 Å². The molecule has 2 aromatic heterocycles. The van der Waals surface area contributed by atoms with Gasteiger partial charge in [0.05, 0.1) is 15.8 Å². The Hall–Kier alpha value is -3.11. The summed E-state index contributed by atoms with van der Waals surface area (Å²) in [5.74, 6) is -0.346. The molecular formula is C32H38ClN5O3S. The minimum Gasteiger partial charge on any atom is -0.479 e. The summed E-state index contributed by atoms with van der Waals surface area (Å²) in [4.78, 5) is 31.9. The highest BCUT2D eigenvalue weighted by molar-refractivity contribution is 7.22. The predicted molar refractivity (Wildman–Crippen MR) is 171 cm³/mol. The fraction of sp³-hybridized carbons (Fsp3) is 0.438. The maximum atomic E-state index is 12.6.